The highest BCUT2D eigenvalue weighted by Crippen LogP contribution is 2.29. The number of para-hydroxylation sites is 1. The van der Waals surface area contributed by atoms with Crippen LogP contribution in [0.15, 0.2) is 30.3 Å². The molecule has 2 saturated heterocycles. The molecule has 4 nitrogen and oxygen atoms in total. The van der Waals surface area contributed by atoms with Crippen molar-refractivity contribution < 1.29 is 4.79 Å². The smallest absolute Gasteiger partial charge is 0.234 e. The van der Waals surface area contributed by atoms with E-state index in [0.717, 1.165) is 32.6 Å². The Kier molecular flexibility index (Phi) is 6.23. The summed E-state index contributed by atoms with van der Waals surface area (Å²) >= 11 is 0. The molecule has 2 aliphatic heterocycles. The number of nitrogens with one attached hydrogen (secondary N) is 1. The second-order valence-electron chi connectivity index (χ2n) is 9.27. The summed E-state index contributed by atoms with van der Waals surface area (Å²) < 4.78 is 0. The summed E-state index contributed by atoms with van der Waals surface area (Å²) in [7, 11) is 0. The van der Waals surface area contributed by atoms with Crippen LogP contribution < -0.4 is 10.2 Å². The molecule has 2 heterocycles. The molecule has 0 aliphatic carbocycles. The van der Waals surface area contributed by atoms with Crippen molar-refractivity contribution in [2.75, 3.05) is 37.6 Å². The fraction of sp³-hybridized carbons (Fsp3) is 0.682. The van der Waals surface area contributed by atoms with Crippen molar-refractivity contribution in [3.63, 3.8) is 0 Å². The van der Waals surface area contributed by atoms with E-state index >= 15 is 0 Å². The molecule has 2 atom stereocenters. The van der Waals surface area contributed by atoms with Crippen LogP contribution in [0.25, 0.3) is 0 Å². The zero-order valence-electron chi connectivity index (χ0n) is 16.7. The van der Waals surface area contributed by atoms with Crippen LogP contribution in [0.4, 0.5) is 5.69 Å². The van der Waals surface area contributed by atoms with Crippen molar-refractivity contribution in [1.29, 1.82) is 0 Å². The molecule has 1 amide bonds. The average Bonchev–Trinajstić information content (AvgIpc) is 3.22. The van der Waals surface area contributed by atoms with E-state index in [1.165, 1.54) is 24.9 Å². The molecule has 1 aromatic carbocycles. The minimum absolute atomic E-state index is 0.198. The fourth-order valence-electron chi connectivity index (χ4n) is 4.41. The van der Waals surface area contributed by atoms with Gasteiger partial charge in [0.15, 0.2) is 0 Å². The molecule has 0 bridgehead atoms. The molecule has 1 aromatic rings. The number of anilines is 1. The summed E-state index contributed by atoms with van der Waals surface area (Å²) in [6.07, 6.45) is 4.79. The van der Waals surface area contributed by atoms with E-state index in [-0.39, 0.29) is 5.91 Å². The number of hydrogen-bond donors (Lipinski definition) is 1. The van der Waals surface area contributed by atoms with Gasteiger partial charge in [-0.1, -0.05) is 39.0 Å². The van der Waals surface area contributed by atoms with Gasteiger partial charge in [-0.3, -0.25) is 9.69 Å². The van der Waals surface area contributed by atoms with Crippen LogP contribution >= 0.6 is 0 Å². The second-order valence-corrected chi connectivity index (χ2v) is 9.27. The van der Waals surface area contributed by atoms with Crippen LogP contribution in [0.5, 0.6) is 0 Å². The van der Waals surface area contributed by atoms with Crippen LogP contribution in [0, 0.1) is 11.3 Å². The largest absolute Gasteiger partial charge is 0.371 e. The van der Waals surface area contributed by atoms with Gasteiger partial charge < -0.3 is 10.2 Å². The zero-order valence-corrected chi connectivity index (χ0v) is 16.7. The number of benzene rings is 1. The van der Waals surface area contributed by atoms with Crippen molar-refractivity contribution in [3.05, 3.63) is 30.3 Å². The Bertz CT molecular complexity index is 581. The van der Waals surface area contributed by atoms with Crippen molar-refractivity contribution in [2.24, 2.45) is 11.3 Å². The van der Waals surface area contributed by atoms with Crippen molar-refractivity contribution in [1.82, 2.24) is 10.2 Å². The van der Waals surface area contributed by atoms with Gasteiger partial charge in [-0.05, 0) is 55.7 Å². The Morgan fingerprint density at radius 1 is 1.15 bits per heavy atom. The maximum absolute atomic E-state index is 12.5. The lowest BCUT2D eigenvalue weighted by molar-refractivity contribution is -0.122. The van der Waals surface area contributed by atoms with E-state index in [1.54, 1.807) is 0 Å². The topological polar surface area (TPSA) is 35.6 Å². The third-order valence-corrected chi connectivity index (χ3v) is 5.69. The molecule has 0 radical (unpaired) electrons. The number of amides is 1. The third kappa shape index (κ3) is 5.47. The predicted octanol–water partition coefficient (Wildman–Crippen LogP) is 3.53. The SMILES string of the molecule is CC(C)(C)CC1CCCN1CC(=O)NCC1CCN(c2ccccc2)C1. The predicted molar refractivity (Wildman–Crippen MR) is 108 cm³/mol. The van der Waals surface area contributed by atoms with E-state index in [0.29, 0.717) is 23.9 Å². The van der Waals surface area contributed by atoms with E-state index in [1.807, 2.05) is 0 Å². The molecule has 0 spiro atoms. The lowest BCUT2D eigenvalue weighted by Crippen LogP contribution is -2.42. The van der Waals surface area contributed by atoms with Crippen molar-refractivity contribution in [2.45, 2.75) is 52.5 Å². The number of carbonyl (C=O) groups excluding carboxylic acids is 1. The van der Waals surface area contributed by atoms with Crippen LogP contribution in [-0.4, -0.2) is 49.6 Å². The summed E-state index contributed by atoms with van der Waals surface area (Å²) in [6.45, 7) is 11.5. The van der Waals surface area contributed by atoms with Crippen LogP contribution in [0.1, 0.15) is 46.5 Å². The quantitative estimate of drug-likeness (QED) is 0.846. The highest BCUT2D eigenvalue weighted by molar-refractivity contribution is 5.78. The molecule has 4 heteroatoms. The number of rotatable bonds is 6. The number of carbonyl (C=O) groups is 1. The van der Waals surface area contributed by atoms with Gasteiger partial charge in [0.1, 0.15) is 0 Å². The first-order valence-corrected chi connectivity index (χ1v) is 10.2. The summed E-state index contributed by atoms with van der Waals surface area (Å²) in [5, 5.41) is 3.20. The van der Waals surface area contributed by atoms with E-state index in [9.17, 15) is 4.79 Å². The van der Waals surface area contributed by atoms with Gasteiger partial charge in [-0.15, -0.1) is 0 Å². The Morgan fingerprint density at radius 2 is 1.92 bits per heavy atom. The molecule has 2 fully saturated rings. The summed E-state index contributed by atoms with van der Waals surface area (Å²) in [4.78, 5) is 17.3. The Balaban J connectivity index is 1.40. The first-order valence-electron chi connectivity index (χ1n) is 10.2. The van der Waals surface area contributed by atoms with E-state index in [2.05, 4.69) is 66.2 Å². The number of likely N-dealkylation sites (tertiary alicyclic amines) is 1. The minimum atomic E-state index is 0.198. The van der Waals surface area contributed by atoms with Crippen LogP contribution in [0.2, 0.25) is 0 Å². The highest BCUT2D eigenvalue weighted by atomic mass is 16.2. The fourth-order valence-corrected chi connectivity index (χ4v) is 4.41. The molecule has 2 aliphatic rings. The number of nitrogens with zero attached hydrogens (tertiary/aromatic N) is 2. The summed E-state index contributed by atoms with van der Waals surface area (Å²) in [5.74, 6) is 0.757. The average molecular weight is 358 g/mol. The first-order chi connectivity index (χ1) is 12.4. The molecular weight excluding hydrogens is 322 g/mol. The van der Waals surface area contributed by atoms with Gasteiger partial charge >= 0.3 is 0 Å². The minimum Gasteiger partial charge on any atom is -0.371 e. The standard InChI is InChI=1S/C22H35N3O/c1-22(2,3)14-20-10-7-12-24(20)17-21(26)23-15-18-11-13-25(16-18)19-8-5-4-6-9-19/h4-6,8-9,18,20H,7,10-17H2,1-3H3,(H,23,26). The normalized spacial score (nSPS) is 24.2. The molecule has 26 heavy (non-hydrogen) atoms. The maximum atomic E-state index is 12.5. The first kappa shape index (κ1) is 19.2. The van der Waals surface area contributed by atoms with Crippen molar-refractivity contribution in [3.8, 4) is 0 Å². The van der Waals surface area contributed by atoms with E-state index < -0.39 is 0 Å². The molecule has 3 rings (SSSR count). The Hall–Kier alpha value is -1.55. The molecule has 0 saturated carbocycles. The van der Waals surface area contributed by atoms with E-state index in [4.69, 9.17) is 0 Å². The highest BCUT2D eigenvalue weighted by Gasteiger charge is 2.30. The van der Waals surface area contributed by atoms with Gasteiger partial charge in [-0.25, -0.2) is 0 Å². The lowest BCUT2D eigenvalue weighted by Gasteiger charge is -2.30. The Morgan fingerprint density at radius 3 is 2.65 bits per heavy atom. The van der Waals surface area contributed by atoms with Crippen molar-refractivity contribution >= 4 is 11.6 Å². The second kappa shape index (κ2) is 8.43. The Labute approximate surface area is 158 Å². The number of hydrogen-bond acceptors (Lipinski definition) is 3. The molecule has 2 unspecified atom stereocenters. The van der Waals surface area contributed by atoms with Gasteiger partial charge in [0.2, 0.25) is 5.91 Å². The van der Waals surface area contributed by atoms with Crippen LogP contribution in [0.3, 0.4) is 0 Å². The van der Waals surface area contributed by atoms with Gasteiger partial charge in [0.05, 0.1) is 6.54 Å². The maximum Gasteiger partial charge on any atom is 0.234 e. The van der Waals surface area contributed by atoms with Gasteiger partial charge in [-0.2, -0.15) is 0 Å². The zero-order chi connectivity index (χ0) is 18.6. The molecule has 1 N–H and O–H groups in total. The molecule has 144 valence electrons. The molecule has 0 aromatic heterocycles. The monoisotopic (exact) mass is 357 g/mol. The third-order valence-electron chi connectivity index (χ3n) is 5.69. The lowest BCUT2D eigenvalue weighted by atomic mass is 9.87. The molecular formula is C22H35N3O. The summed E-state index contributed by atoms with van der Waals surface area (Å²) in [6, 6.07) is 11.2. The van der Waals surface area contributed by atoms with Gasteiger partial charge in [0.25, 0.3) is 0 Å². The van der Waals surface area contributed by atoms with Crippen LogP contribution in [-0.2, 0) is 4.79 Å². The summed E-state index contributed by atoms with van der Waals surface area (Å²) in [5.41, 5.74) is 1.62. The van der Waals surface area contributed by atoms with Gasteiger partial charge in [0, 0.05) is 31.4 Å².